The van der Waals surface area contributed by atoms with E-state index in [4.69, 9.17) is 9.73 Å². The number of nitrogens with zero attached hydrogens (tertiary/aromatic N) is 2. The van der Waals surface area contributed by atoms with E-state index in [1.165, 1.54) is 38.9 Å². The van der Waals surface area contributed by atoms with Crippen LogP contribution in [-0.4, -0.2) is 50.2 Å². The molecule has 0 unspecified atom stereocenters. The van der Waals surface area contributed by atoms with Crippen LogP contribution in [-0.2, 0) is 6.54 Å². The quantitative estimate of drug-likeness (QED) is 0.220. The Hall–Kier alpha value is -1.28. The molecule has 0 aliphatic carbocycles. The molecule has 28 heavy (non-hydrogen) atoms. The van der Waals surface area contributed by atoms with E-state index in [0.29, 0.717) is 13.2 Å². The van der Waals surface area contributed by atoms with E-state index in [-0.39, 0.29) is 24.0 Å². The van der Waals surface area contributed by atoms with Crippen LogP contribution in [0.3, 0.4) is 0 Å². The fraction of sp³-hybridized carbons (Fsp3) is 0.591. The van der Waals surface area contributed by atoms with Gasteiger partial charge in [-0.25, -0.2) is 4.99 Å². The molecule has 0 saturated carbocycles. The molecule has 0 atom stereocenters. The molecule has 0 radical (unpaired) electrons. The summed E-state index contributed by atoms with van der Waals surface area (Å²) >= 11 is 0. The monoisotopic (exact) mass is 500 g/mol. The Morgan fingerprint density at radius 1 is 1.25 bits per heavy atom. The van der Waals surface area contributed by atoms with Crippen molar-refractivity contribution in [2.75, 3.05) is 39.3 Å². The van der Waals surface area contributed by atoms with Crippen LogP contribution >= 0.6 is 24.0 Å². The first-order chi connectivity index (χ1) is 13.3. The molecule has 0 spiro atoms. The molecule has 1 saturated heterocycles. The fourth-order valence-electron chi connectivity index (χ4n) is 3.40. The number of piperidine rings is 1. The summed E-state index contributed by atoms with van der Waals surface area (Å²) in [5.41, 5.74) is 1.09. The van der Waals surface area contributed by atoms with Crippen LogP contribution in [0.1, 0.15) is 38.7 Å². The summed E-state index contributed by atoms with van der Waals surface area (Å²) in [4.78, 5) is 7.34. The van der Waals surface area contributed by atoms with E-state index >= 15 is 0 Å². The molecule has 2 N–H and O–H groups in total. The van der Waals surface area contributed by atoms with E-state index in [1.807, 2.05) is 18.2 Å². The van der Waals surface area contributed by atoms with E-state index in [1.54, 1.807) is 6.08 Å². The van der Waals surface area contributed by atoms with Crippen LogP contribution in [0.25, 0.3) is 0 Å². The van der Waals surface area contributed by atoms with Gasteiger partial charge in [-0.3, -0.25) is 0 Å². The highest BCUT2D eigenvalue weighted by atomic mass is 127. The topological polar surface area (TPSA) is 48.9 Å². The van der Waals surface area contributed by atoms with Gasteiger partial charge in [0.2, 0.25) is 0 Å². The summed E-state index contributed by atoms with van der Waals surface area (Å²) in [6.07, 6.45) is 5.55. The zero-order valence-electron chi connectivity index (χ0n) is 17.5. The molecule has 0 bridgehead atoms. The second kappa shape index (κ2) is 14.7. The predicted octanol–water partition coefficient (Wildman–Crippen LogP) is 4.05. The molecule has 1 aromatic carbocycles. The van der Waals surface area contributed by atoms with Crippen LogP contribution in [0.15, 0.2) is 41.9 Å². The number of likely N-dealkylation sites (tertiary alicyclic amines) is 1. The molecule has 1 heterocycles. The minimum Gasteiger partial charge on any atom is -0.489 e. The number of hydrogen-bond donors (Lipinski definition) is 2. The van der Waals surface area contributed by atoms with Gasteiger partial charge >= 0.3 is 0 Å². The van der Waals surface area contributed by atoms with E-state index in [2.05, 4.69) is 42.0 Å². The van der Waals surface area contributed by atoms with Crippen LogP contribution in [0.4, 0.5) is 0 Å². The molecule has 0 amide bonds. The lowest BCUT2D eigenvalue weighted by molar-refractivity contribution is 0.185. The minimum atomic E-state index is 0. The standard InChI is InChI=1S/C22H36N4O.HI/c1-4-13-26-14-11-19(12-15-26)17-24-22(23-6-3)25-18-20-9-7-8-10-21(20)27-16-5-2;/h5,7-10,19H,2,4,6,11-18H2,1,3H3,(H2,23,24,25);1H. The maximum atomic E-state index is 5.73. The second-order valence-corrected chi connectivity index (χ2v) is 7.07. The number of hydrogen-bond acceptors (Lipinski definition) is 3. The lowest BCUT2D eigenvalue weighted by atomic mass is 9.97. The molecule has 1 aromatic rings. The Labute approximate surface area is 188 Å². The first-order valence-corrected chi connectivity index (χ1v) is 10.3. The van der Waals surface area contributed by atoms with Crippen molar-refractivity contribution in [2.24, 2.45) is 10.9 Å². The summed E-state index contributed by atoms with van der Waals surface area (Å²) in [5.74, 6) is 2.48. The average Bonchev–Trinajstić information content (AvgIpc) is 2.70. The van der Waals surface area contributed by atoms with Crippen molar-refractivity contribution in [3.8, 4) is 5.75 Å². The summed E-state index contributed by atoms with van der Waals surface area (Å²) in [6.45, 7) is 14.7. The zero-order chi connectivity index (χ0) is 19.3. The summed E-state index contributed by atoms with van der Waals surface area (Å²) in [6, 6.07) is 8.06. The number of halogens is 1. The number of guanidine groups is 1. The highest BCUT2D eigenvalue weighted by Crippen LogP contribution is 2.19. The van der Waals surface area contributed by atoms with Crippen molar-refractivity contribution in [1.29, 1.82) is 0 Å². The van der Waals surface area contributed by atoms with Crippen molar-refractivity contribution in [1.82, 2.24) is 15.5 Å². The number of benzene rings is 1. The van der Waals surface area contributed by atoms with Gasteiger partial charge in [-0.1, -0.05) is 37.8 Å². The van der Waals surface area contributed by atoms with Crippen molar-refractivity contribution < 1.29 is 4.74 Å². The molecule has 2 rings (SSSR count). The lowest BCUT2D eigenvalue weighted by Crippen LogP contribution is -2.43. The Morgan fingerprint density at radius 2 is 2.00 bits per heavy atom. The number of aliphatic imine (C=N–C) groups is 1. The Kier molecular flexibility index (Phi) is 13.0. The molecule has 0 aromatic heterocycles. The van der Waals surface area contributed by atoms with Crippen molar-refractivity contribution in [2.45, 2.75) is 39.7 Å². The van der Waals surface area contributed by atoms with Gasteiger partial charge in [-0.2, -0.15) is 0 Å². The van der Waals surface area contributed by atoms with Crippen LogP contribution < -0.4 is 15.4 Å². The summed E-state index contributed by atoms with van der Waals surface area (Å²) < 4.78 is 5.73. The molecule has 1 aliphatic rings. The van der Waals surface area contributed by atoms with Crippen molar-refractivity contribution >= 4 is 29.9 Å². The summed E-state index contributed by atoms with van der Waals surface area (Å²) in [5, 5.41) is 6.89. The largest absolute Gasteiger partial charge is 0.489 e. The Morgan fingerprint density at radius 3 is 2.68 bits per heavy atom. The molecular formula is C22H37IN4O. The molecule has 158 valence electrons. The van der Waals surface area contributed by atoms with Crippen molar-refractivity contribution in [3.63, 3.8) is 0 Å². The van der Waals surface area contributed by atoms with Crippen LogP contribution in [0, 0.1) is 5.92 Å². The van der Waals surface area contributed by atoms with E-state index in [9.17, 15) is 0 Å². The number of rotatable bonds is 10. The van der Waals surface area contributed by atoms with Crippen LogP contribution in [0.2, 0.25) is 0 Å². The SMILES string of the molecule is C=CCOc1ccccc1CN=C(NCC)NCC1CCN(CCC)CC1.I. The van der Waals surface area contributed by atoms with E-state index < -0.39 is 0 Å². The maximum absolute atomic E-state index is 5.73. The Balaban J connectivity index is 0.00000392. The number of nitrogens with one attached hydrogen (secondary N) is 2. The third-order valence-electron chi connectivity index (χ3n) is 4.89. The average molecular weight is 500 g/mol. The molecule has 6 heteroatoms. The first kappa shape index (κ1) is 24.8. The Bertz CT molecular complexity index is 586. The van der Waals surface area contributed by atoms with Gasteiger partial charge in [-0.15, -0.1) is 24.0 Å². The molecule has 5 nitrogen and oxygen atoms in total. The highest BCUT2D eigenvalue weighted by molar-refractivity contribution is 14.0. The number of para-hydroxylation sites is 1. The first-order valence-electron chi connectivity index (χ1n) is 10.3. The van der Waals surface area contributed by atoms with Gasteiger partial charge in [0.25, 0.3) is 0 Å². The normalized spacial score (nSPS) is 15.6. The second-order valence-electron chi connectivity index (χ2n) is 7.07. The molecule has 1 fully saturated rings. The zero-order valence-corrected chi connectivity index (χ0v) is 19.8. The third-order valence-corrected chi connectivity index (χ3v) is 4.89. The van der Waals surface area contributed by atoms with Crippen molar-refractivity contribution in [3.05, 3.63) is 42.5 Å². The van der Waals surface area contributed by atoms with Crippen LogP contribution in [0.5, 0.6) is 5.75 Å². The fourth-order valence-corrected chi connectivity index (χ4v) is 3.40. The number of ether oxygens (including phenoxy) is 1. The lowest BCUT2D eigenvalue weighted by Gasteiger charge is -2.32. The van der Waals surface area contributed by atoms with Gasteiger partial charge in [-0.05, 0) is 57.8 Å². The summed E-state index contributed by atoms with van der Waals surface area (Å²) in [7, 11) is 0. The van der Waals surface area contributed by atoms with Gasteiger partial charge in [0, 0.05) is 18.7 Å². The molecule has 1 aliphatic heterocycles. The van der Waals surface area contributed by atoms with Gasteiger partial charge in [0.1, 0.15) is 12.4 Å². The van der Waals surface area contributed by atoms with Gasteiger partial charge in [0.15, 0.2) is 5.96 Å². The molecular weight excluding hydrogens is 463 g/mol. The smallest absolute Gasteiger partial charge is 0.191 e. The van der Waals surface area contributed by atoms with E-state index in [0.717, 1.165) is 36.3 Å². The maximum Gasteiger partial charge on any atom is 0.191 e. The predicted molar refractivity (Wildman–Crippen MR) is 130 cm³/mol. The highest BCUT2D eigenvalue weighted by Gasteiger charge is 2.18. The third kappa shape index (κ3) is 8.82. The van der Waals surface area contributed by atoms with Gasteiger partial charge < -0.3 is 20.3 Å². The van der Waals surface area contributed by atoms with Gasteiger partial charge in [0.05, 0.1) is 6.54 Å². The minimum absolute atomic E-state index is 0.